The summed E-state index contributed by atoms with van der Waals surface area (Å²) in [7, 11) is 0. The van der Waals surface area contributed by atoms with Crippen molar-refractivity contribution in [2.24, 2.45) is 0 Å². The average Bonchev–Trinajstić information content (AvgIpc) is 3.60. The largest absolute Gasteiger partial charge is 0.455 e. The van der Waals surface area contributed by atoms with Crippen molar-refractivity contribution in [3.8, 4) is 44.5 Å². The summed E-state index contributed by atoms with van der Waals surface area (Å²) >= 11 is 0. The minimum Gasteiger partial charge on any atom is -0.455 e. The summed E-state index contributed by atoms with van der Waals surface area (Å²) < 4.78 is 42.1. The standard InChI is InChI=1S/C48H30O/c1-2-11-31(12-3-1)32-21-23-33(24-22-32)34-25-27-36(28-26-34)45-38-15-6-8-17-40(38)46(41-18-9-7-16-39(41)45)42-19-10-20-44-47(42)43-30-29-35-13-4-5-14-37(35)48(43)49-44/h1-30H/i21D,22D,23D,24D. The van der Waals surface area contributed by atoms with Crippen LogP contribution in [0.4, 0.5) is 0 Å². The van der Waals surface area contributed by atoms with Crippen molar-refractivity contribution < 1.29 is 9.90 Å². The molecule has 0 N–H and O–H groups in total. The highest BCUT2D eigenvalue weighted by Crippen LogP contribution is 2.47. The van der Waals surface area contributed by atoms with Gasteiger partial charge < -0.3 is 4.42 Å². The first-order valence-corrected chi connectivity index (χ1v) is 16.5. The van der Waals surface area contributed by atoms with Crippen molar-refractivity contribution in [3.05, 3.63) is 182 Å². The quantitative estimate of drug-likeness (QED) is 0.177. The van der Waals surface area contributed by atoms with Crippen molar-refractivity contribution in [2.45, 2.75) is 0 Å². The molecule has 0 saturated heterocycles. The molecular formula is C48H30O. The molecule has 9 aromatic carbocycles. The lowest BCUT2D eigenvalue weighted by molar-refractivity contribution is 0.673. The average molecular weight is 627 g/mol. The Morgan fingerprint density at radius 1 is 0.347 bits per heavy atom. The topological polar surface area (TPSA) is 13.1 Å². The van der Waals surface area contributed by atoms with Gasteiger partial charge in [0.05, 0.1) is 5.48 Å². The molecule has 0 saturated carbocycles. The molecule has 0 aliphatic rings. The molecule has 49 heavy (non-hydrogen) atoms. The SMILES string of the molecule is [2H]c1c([2H])c(-c2ccc(-c3c4ccccc4c(-c4cccc5oc6c7ccccc7ccc6c45)c4ccccc34)cc2)c([2H])c([2H])c1-c1ccccc1. The van der Waals surface area contributed by atoms with E-state index in [-0.39, 0.29) is 24.2 Å². The highest BCUT2D eigenvalue weighted by atomic mass is 16.3. The van der Waals surface area contributed by atoms with Crippen molar-refractivity contribution in [3.63, 3.8) is 0 Å². The Morgan fingerprint density at radius 2 is 0.878 bits per heavy atom. The minimum absolute atomic E-state index is 0.0440. The number of rotatable bonds is 4. The van der Waals surface area contributed by atoms with E-state index in [0.29, 0.717) is 22.3 Å². The van der Waals surface area contributed by atoms with E-state index in [1.54, 1.807) is 0 Å². The van der Waals surface area contributed by atoms with E-state index in [1.165, 1.54) is 0 Å². The molecule has 10 rings (SSSR count). The van der Waals surface area contributed by atoms with E-state index in [4.69, 9.17) is 9.90 Å². The fraction of sp³-hybridized carbons (Fsp3) is 0. The van der Waals surface area contributed by atoms with Crippen LogP contribution in [0.1, 0.15) is 5.48 Å². The monoisotopic (exact) mass is 626 g/mol. The van der Waals surface area contributed by atoms with E-state index < -0.39 is 0 Å². The third-order valence-corrected chi connectivity index (χ3v) is 9.74. The van der Waals surface area contributed by atoms with E-state index in [0.717, 1.165) is 76.5 Å². The first-order chi connectivity index (χ1) is 26.0. The maximum atomic E-state index is 8.94. The highest BCUT2D eigenvalue weighted by molar-refractivity contribution is 6.27. The number of fused-ring (bicyclic) bond motifs is 7. The Kier molecular flexibility index (Phi) is 5.38. The molecule has 228 valence electrons. The molecule has 1 aromatic heterocycles. The van der Waals surface area contributed by atoms with Crippen LogP contribution in [-0.2, 0) is 0 Å². The Labute approximate surface area is 289 Å². The van der Waals surface area contributed by atoms with Gasteiger partial charge in [0.15, 0.2) is 0 Å². The van der Waals surface area contributed by atoms with Gasteiger partial charge in [-0.15, -0.1) is 0 Å². The summed E-state index contributed by atoms with van der Waals surface area (Å²) in [5.41, 5.74) is 8.04. The van der Waals surface area contributed by atoms with Crippen LogP contribution < -0.4 is 0 Å². The Balaban J connectivity index is 1.18. The van der Waals surface area contributed by atoms with Gasteiger partial charge in [-0.3, -0.25) is 0 Å². The van der Waals surface area contributed by atoms with Gasteiger partial charge in [0.1, 0.15) is 11.2 Å². The zero-order valence-corrected chi connectivity index (χ0v) is 26.4. The Hall–Kier alpha value is -6.44. The van der Waals surface area contributed by atoms with Crippen LogP contribution in [0.3, 0.4) is 0 Å². The highest BCUT2D eigenvalue weighted by Gasteiger charge is 2.20. The minimum atomic E-state index is -0.0493. The molecule has 0 amide bonds. The fourth-order valence-corrected chi connectivity index (χ4v) is 7.50. The number of furan rings is 1. The van der Waals surface area contributed by atoms with E-state index in [2.05, 4.69) is 103 Å². The number of benzene rings is 9. The van der Waals surface area contributed by atoms with Crippen molar-refractivity contribution in [2.75, 3.05) is 0 Å². The fourth-order valence-electron chi connectivity index (χ4n) is 7.50. The molecule has 0 unspecified atom stereocenters. The second-order valence-electron chi connectivity index (χ2n) is 12.5. The van der Waals surface area contributed by atoms with Crippen molar-refractivity contribution in [1.82, 2.24) is 0 Å². The van der Waals surface area contributed by atoms with E-state index >= 15 is 0 Å². The lowest BCUT2D eigenvalue weighted by atomic mass is 9.84. The maximum absolute atomic E-state index is 8.94. The van der Waals surface area contributed by atoms with Gasteiger partial charge >= 0.3 is 0 Å². The smallest absolute Gasteiger partial charge is 0.143 e. The van der Waals surface area contributed by atoms with Crippen LogP contribution in [0.25, 0.3) is 98.8 Å². The van der Waals surface area contributed by atoms with Gasteiger partial charge in [-0.2, -0.15) is 0 Å². The molecule has 0 fully saturated rings. The normalized spacial score (nSPS) is 12.8. The summed E-state index contributed by atoms with van der Waals surface area (Å²) in [5, 5.41) is 8.91. The zero-order chi connectivity index (χ0) is 35.8. The van der Waals surface area contributed by atoms with Gasteiger partial charge in [-0.05, 0) is 83.6 Å². The molecule has 0 bridgehead atoms. The summed E-state index contributed by atoms with van der Waals surface area (Å²) in [4.78, 5) is 0. The van der Waals surface area contributed by atoms with E-state index in [9.17, 15) is 0 Å². The summed E-state index contributed by atoms with van der Waals surface area (Å²) in [6.45, 7) is 0. The molecule has 0 atom stereocenters. The van der Waals surface area contributed by atoms with E-state index in [1.807, 2.05) is 54.6 Å². The summed E-state index contributed by atoms with van der Waals surface area (Å²) in [6, 6.07) is 53.1. The van der Waals surface area contributed by atoms with Crippen LogP contribution >= 0.6 is 0 Å². The Bertz CT molecular complexity index is 3000. The van der Waals surface area contributed by atoms with Crippen LogP contribution in [0.2, 0.25) is 0 Å². The van der Waals surface area contributed by atoms with Crippen LogP contribution in [0.5, 0.6) is 0 Å². The Morgan fingerprint density at radius 3 is 1.53 bits per heavy atom. The molecule has 0 aliphatic heterocycles. The van der Waals surface area contributed by atoms with Crippen LogP contribution in [-0.4, -0.2) is 0 Å². The second kappa shape index (κ2) is 11.1. The molecule has 1 heteroatoms. The number of hydrogen-bond donors (Lipinski definition) is 0. The third kappa shape index (κ3) is 4.40. The first-order valence-electron chi connectivity index (χ1n) is 18.5. The molecule has 0 spiro atoms. The molecule has 1 heterocycles. The lowest BCUT2D eigenvalue weighted by Gasteiger charge is -2.18. The molecule has 0 radical (unpaired) electrons. The van der Waals surface area contributed by atoms with Crippen molar-refractivity contribution in [1.29, 1.82) is 0 Å². The van der Waals surface area contributed by atoms with Gasteiger partial charge in [-0.25, -0.2) is 0 Å². The lowest BCUT2D eigenvalue weighted by Crippen LogP contribution is -1.91. The van der Waals surface area contributed by atoms with Crippen LogP contribution in [0.15, 0.2) is 186 Å². The van der Waals surface area contributed by atoms with Gasteiger partial charge in [0.25, 0.3) is 0 Å². The first kappa shape index (κ1) is 23.8. The molecule has 10 aromatic rings. The molecular weight excluding hydrogens is 593 g/mol. The van der Waals surface area contributed by atoms with Gasteiger partial charge in [-0.1, -0.05) is 170 Å². The summed E-state index contributed by atoms with van der Waals surface area (Å²) in [5.74, 6) is 0. The molecule has 1 nitrogen and oxygen atoms in total. The predicted octanol–water partition coefficient (Wildman–Crippen LogP) is 13.7. The zero-order valence-electron chi connectivity index (χ0n) is 30.4. The predicted molar refractivity (Wildman–Crippen MR) is 208 cm³/mol. The second-order valence-corrected chi connectivity index (χ2v) is 12.5. The van der Waals surface area contributed by atoms with Gasteiger partial charge in [0, 0.05) is 16.2 Å². The molecule has 0 aliphatic carbocycles. The van der Waals surface area contributed by atoms with Crippen LogP contribution in [0, 0.1) is 0 Å². The number of hydrogen-bond acceptors (Lipinski definition) is 1. The summed E-state index contributed by atoms with van der Waals surface area (Å²) in [6.07, 6.45) is 0. The van der Waals surface area contributed by atoms with Gasteiger partial charge in [0.2, 0.25) is 0 Å². The third-order valence-electron chi connectivity index (χ3n) is 9.74. The van der Waals surface area contributed by atoms with Crippen molar-refractivity contribution >= 4 is 54.3 Å². The maximum Gasteiger partial charge on any atom is 0.143 e.